The number of nitrogens with zero attached hydrogens (tertiary/aromatic N) is 6. The molecule has 2 aromatic rings. The van der Waals surface area contributed by atoms with E-state index in [2.05, 4.69) is 25.2 Å². The summed E-state index contributed by atoms with van der Waals surface area (Å²) >= 11 is 0. The van der Waals surface area contributed by atoms with Crippen LogP contribution in [0.1, 0.15) is 5.56 Å². The number of anilines is 2. The lowest BCUT2D eigenvalue weighted by molar-refractivity contribution is 0.193. The van der Waals surface area contributed by atoms with Crippen LogP contribution in [0.2, 0.25) is 0 Å². The van der Waals surface area contributed by atoms with Crippen molar-refractivity contribution in [2.75, 3.05) is 50.1 Å². The second-order valence-corrected chi connectivity index (χ2v) is 6.10. The third kappa shape index (κ3) is 4.34. The largest absolute Gasteiger partial charge is 0.363 e. The maximum Gasteiger partial charge on any atom is 0.317 e. The lowest BCUT2D eigenvalue weighted by Crippen LogP contribution is -2.52. The first-order chi connectivity index (χ1) is 12.1. The third-order valence-electron chi connectivity index (χ3n) is 4.11. The van der Waals surface area contributed by atoms with E-state index in [9.17, 15) is 4.79 Å². The molecule has 8 heteroatoms. The van der Waals surface area contributed by atoms with Crippen LogP contribution >= 0.6 is 0 Å². The molecule has 0 spiro atoms. The number of carbonyl (C=O) groups excluding carboxylic acids is 1. The minimum atomic E-state index is -0.0446. The molecule has 25 heavy (non-hydrogen) atoms. The number of piperazine rings is 1. The summed E-state index contributed by atoms with van der Waals surface area (Å²) in [6.45, 7) is 3.27. The van der Waals surface area contributed by atoms with Gasteiger partial charge >= 0.3 is 6.03 Å². The predicted octanol–water partition coefficient (Wildman–Crippen LogP) is 0.969. The van der Waals surface area contributed by atoms with Gasteiger partial charge in [-0.15, -0.1) is 0 Å². The maximum absolute atomic E-state index is 12.4. The van der Waals surface area contributed by atoms with E-state index in [-0.39, 0.29) is 6.03 Å². The highest BCUT2D eigenvalue weighted by Crippen LogP contribution is 2.11. The standard InChI is InChI=1S/C17H23N7O/c1-22(2)15-12-14(4-7-18-15)13-21-17(25)24-10-8-23(9-11-24)16-19-5-3-6-20-16/h3-7,12H,8-11,13H2,1-2H3,(H,21,25). The molecule has 1 aliphatic heterocycles. The van der Waals surface area contributed by atoms with Gasteiger partial charge in [-0.1, -0.05) is 0 Å². The first kappa shape index (κ1) is 16.9. The summed E-state index contributed by atoms with van der Waals surface area (Å²) in [5.74, 6) is 1.60. The molecule has 2 amide bonds. The molecule has 8 nitrogen and oxygen atoms in total. The lowest BCUT2D eigenvalue weighted by atomic mass is 10.2. The molecule has 1 fully saturated rings. The van der Waals surface area contributed by atoms with Crippen molar-refractivity contribution >= 4 is 17.8 Å². The molecule has 132 valence electrons. The zero-order valence-electron chi connectivity index (χ0n) is 14.6. The highest BCUT2D eigenvalue weighted by atomic mass is 16.2. The van der Waals surface area contributed by atoms with Crippen LogP contribution in [0.3, 0.4) is 0 Å². The molecule has 0 radical (unpaired) electrons. The van der Waals surface area contributed by atoms with Gasteiger partial charge in [-0.3, -0.25) is 0 Å². The molecule has 0 unspecified atom stereocenters. The highest BCUT2D eigenvalue weighted by molar-refractivity contribution is 5.74. The van der Waals surface area contributed by atoms with Gasteiger partial charge in [-0.05, 0) is 23.8 Å². The number of urea groups is 1. The number of carbonyl (C=O) groups is 1. The first-order valence-electron chi connectivity index (χ1n) is 8.30. The van der Waals surface area contributed by atoms with Crippen molar-refractivity contribution < 1.29 is 4.79 Å². The molecule has 3 rings (SSSR count). The summed E-state index contributed by atoms with van der Waals surface area (Å²) < 4.78 is 0. The van der Waals surface area contributed by atoms with E-state index < -0.39 is 0 Å². The van der Waals surface area contributed by atoms with Gasteiger partial charge in [-0.25, -0.2) is 19.7 Å². The minimum Gasteiger partial charge on any atom is -0.363 e. The Hall–Kier alpha value is -2.90. The number of hydrogen-bond acceptors (Lipinski definition) is 6. The molecule has 3 heterocycles. The second kappa shape index (κ2) is 7.78. The van der Waals surface area contributed by atoms with Crippen molar-refractivity contribution in [3.05, 3.63) is 42.4 Å². The summed E-state index contributed by atoms with van der Waals surface area (Å²) in [5.41, 5.74) is 1.03. The summed E-state index contributed by atoms with van der Waals surface area (Å²) in [5, 5.41) is 2.98. The van der Waals surface area contributed by atoms with Crippen LogP contribution in [-0.2, 0) is 6.54 Å². The van der Waals surface area contributed by atoms with E-state index >= 15 is 0 Å². The third-order valence-corrected chi connectivity index (χ3v) is 4.11. The van der Waals surface area contributed by atoms with Crippen LogP contribution in [0.5, 0.6) is 0 Å². The molecule has 0 aliphatic carbocycles. The fourth-order valence-electron chi connectivity index (χ4n) is 2.67. The summed E-state index contributed by atoms with van der Waals surface area (Å²) in [6.07, 6.45) is 5.23. The monoisotopic (exact) mass is 341 g/mol. The number of amides is 2. The van der Waals surface area contributed by atoms with Crippen LogP contribution < -0.4 is 15.1 Å². The maximum atomic E-state index is 12.4. The molecule has 0 atom stereocenters. The van der Waals surface area contributed by atoms with E-state index in [1.165, 1.54) is 0 Å². The van der Waals surface area contributed by atoms with Gasteiger partial charge in [0, 0.05) is 65.4 Å². The molecular formula is C17H23N7O. The summed E-state index contributed by atoms with van der Waals surface area (Å²) in [7, 11) is 3.89. The number of nitrogens with one attached hydrogen (secondary N) is 1. The molecule has 0 saturated carbocycles. The van der Waals surface area contributed by atoms with Crippen LogP contribution in [0.25, 0.3) is 0 Å². The molecule has 1 aliphatic rings. The Morgan fingerprint density at radius 3 is 2.52 bits per heavy atom. The van der Waals surface area contributed by atoms with Gasteiger partial charge < -0.3 is 20.0 Å². The van der Waals surface area contributed by atoms with Crippen molar-refractivity contribution in [2.45, 2.75) is 6.54 Å². The van der Waals surface area contributed by atoms with E-state index in [1.807, 2.05) is 36.0 Å². The van der Waals surface area contributed by atoms with E-state index in [0.29, 0.717) is 19.6 Å². The highest BCUT2D eigenvalue weighted by Gasteiger charge is 2.22. The van der Waals surface area contributed by atoms with Crippen molar-refractivity contribution in [2.24, 2.45) is 0 Å². The number of hydrogen-bond donors (Lipinski definition) is 1. The fourth-order valence-corrected chi connectivity index (χ4v) is 2.67. The van der Waals surface area contributed by atoms with E-state index in [0.717, 1.165) is 30.4 Å². The molecule has 1 saturated heterocycles. The van der Waals surface area contributed by atoms with Gasteiger partial charge in [-0.2, -0.15) is 0 Å². The Balaban J connectivity index is 1.49. The van der Waals surface area contributed by atoms with Gasteiger partial charge in [0.05, 0.1) is 0 Å². The molecule has 0 bridgehead atoms. The Labute approximate surface area is 147 Å². The van der Waals surface area contributed by atoms with Gasteiger partial charge in [0.15, 0.2) is 0 Å². The fraction of sp³-hybridized carbons (Fsp3) is 0.412. The minimum absolute atomic E-state index is 0.0446. The SMILES string of the molecule is CN(C)c1cc(CNC(=O)N2CCN(c3ncccn3)CC2)ccn1. The first-order valence-corrected chi connectivity index (χ1v) is 8.30. The van der Waals surface area contributed by atoms with E-state index in [1.54, 1.807) is 24.7 Å². The number of pyridine rings is 1. The topological polar surface area (TPSA) is 77.5 Å². The Bertz CT molecular complexity index is 699. The van der Waals surface area contributed by atoms with Crippen LogP contribution in [0.4, 0.5) is 16.6 Å². The van der Waals surface area contributed by atoms with Crippen LogP contribution in [-0.4, -0.2) is 66.2 Å². The van der Waals surface area contributed by atoms with Crippen LogP contribution in [0, 0.1) is 0 Å². The zero-order chi connectivity index (χ0) is 17.6. The predicted molar refractivity (Wildman–Crippen MR) is 96.6 cm³/mol. The second-order valence-electron chi connectivity index (χ2n) is 6.10. The average molecular weight is 341 g/mol. The van der Waals surface area contributed by atoms with Gasteiger partial charge in [0.1, 0.15) is 5.82 Å². The Morgan fingerprint density at radius 1 is 1.12 bits per heavy atom. The lowest BCUT2D eigenvalue weighted by Gasteiger charge is -2.34. The normalized spacial score (nSPS) is 14.3. The number of rotatable bonds is 4. The summed E-state index contributed by atoms with van der Waals surface area (Å²) in [4.78, 5) is 31.0. The Morgan fingerprint density at radius 2 is 1.84 bits per heavy atom. The van der Waals surface area contributed by atoms with Gasteiger partial charge in [0.2, 0.25) is 5.95 Å². The Kier molecular flexibility index (Phi) is 5.27. The molecular weight excluding hydrogens is 318 g/mol. The molecule has 1 N–H and O–H groups in total. The zero-order valence-corrected chi connectivity index (χ0v) is 14.6. The van der Waals surface area contributed by atoms with Crippen molar-refractivity contribution in [1.82, 2.24) is 25.2 Å². The van der Waals surface area contributed by atoms with Crippen LogP contribution in [0.15, 0.2) is 36.8 Å². The smallest absolute Gasteiger partial charge is 0.317 e. The molecule has 0 aromatic carbocycles. The van der Waals surface area contributed by atoms with E-state index in [4.69, 9.17) is 0 Å². The summed E-state index contributed by atoms with van der Waals surface area (Å²) in [6, 6.07) is 5.65. The van der Waals surface area contributed by atoms with Crippen molar-refractivity contribution in [3.63, 3.8) is 0 Å². The average Bonchev–Trinajstić information content (AvgIpc) is 2.67. The quantitative estimate of drug-likeness (QED) is 0.893. The number of aromatic nitrogens is 3. The molecule has 2 aromatic heterocycles. The van der Waals surface area contributed by atoms with Crippen molar-refractivity contribution in [3.8, 4) is 0 Å². The van der Waals surface area contributed by atoms with Gasteiger partial charge in [0.25, 0.3) is 0 Å². The van der Waals surface area contributed by atoms with Crippen molar-refractivity contribution in [1.29, 1.82) is 0 Å².